The van der Waals surface area contributed by atoms with Gasteiger partial charge in [0.25, 0.3) is 0 Å². The number of benzene rings is 2. The van der Waals surface area contributed by atoms with Crippen LogP contribution in [-0.4, -0.2) is 9.97 Å². The zero-order chi connectivity index (χ0) is 20.5. The first-order chi connectivity index (χ1) is 13.9. The first-order valence-electron chi connectivity index (χ1n) is 8.22. The molecule has 4 rings (SSSR count). The van der Waals surface area contributed by atoms with Crippen molar-refractivity contribution in [1.82, 2.24) is 9.97 Å². The molecule has 0 aliphatic heterocycles. The molecule has 0 atom stereocenters. The first-order valence-corrected chi connectivity index (χ1v) is 8.22. The molecule has 0 saturated carbocycles. The zero-order valence-corrected chi connectivity index (χ0v) is 14.4. The lowest BCUT2D eigenvalue weighted by atomic mass is 10.2. The van der Waals surface area contributed by atoms with Crippen LogP contribution in [0.15, 0.2) is 48.7 Å². The molecular weight excluding hydrogens is 388 g/mol. The smallest absolute Gasteiger partial charge is 0.204 e. The maximum Gasteiger partial charge on any atom is 0.204 e. The van der Waals surface area contributed by atoms with Gasteiger partial charge in [0.15, 0.2) is 11.6 Å². The molecule has 0 radical (unpaired) electrons. The van der Waals surface area contributed by atoms with Gasteiger partial charge in [0.05, 0.1) is 0 Å². The molecule has 0 spiro atoms. The second-order valence-electron chi connectivity index (χ2n) is 5.99. The SMILES string of the molecule is N#Cc1cc(Oc2c(F)c(F)cc(F)c2F)cc(Nc2ccc3cc[nH]c3c2)n1. The lowest BCUT2D eigenvalue weighted by Gasteiger charge is -2.11. The van der Waals surface area contributed by atoms with Crippen molar-refractivity contribution in [2.75, 3.05) is 5.32 Å². The quantitative estimate of drug-likeness (QED) is 0.350. The Kier molecular flexibility index (Phi) is 4.52. The number of hydrogen-bond donors (Lipinski definition) is 2. The van der Waals surface area contributed by atoms with E-state index >= 15 is 0 Å². The molecule has 0 fully saturated rings. The standard InChI is InChI=1S/C20H10F4N4O/c21-14-8-15(22)19(24)20(18(14)23)29-13-5-12(9-25)28-17(7-13)27-11-2-1-10-3-4-26-16(10)6-11/h1-8,26H,(H,27,28). The van der Waals surface area contributed by atoms with Gasteiger partial charge in [0.2, 0.25) is 17.4 Å². The summed E-state index contributed by atoms with van der Waals surface area (Å²) in [5.74, 6) is -7.95. The molecule has 2 aromatic carbocycles. The summed E-state index contributed by atoms with van der Waals surface area (Å²) in [5.41, 5.74) is 1.33. The van der Waals surface area contributed by atoms with E-state index in [0.717, 1.165) is 17.0 Å². The number of anilines is 2. The van der Waals surface area contributed by atoms with Gasteiger partial charge in [0, 0.05) is 35.6 Å². The van der Waals surface area contributed by atoms with Gasteiger partial charge in [-0.15, -0.1) is 0 Å². The average Bonchev–Trinajstić information content (AvgIpc) is 3.17. The Morgan fingerprint density at radius 1 is 0.966 bits per heavy atom. The normalized spacial score (nSPS) is 10.7. The van der Waals surface area contributed by atoms with E-state index in [-0.39, 0.29) is 23.3 Å². The number of fused-ring (bicyclic) bond motifs is 1. The van der Waals surface area contributed by atoms with Crippen molar-refractivity contribution >= 4 is 22.4 Å². The molecule has 0 amide bonds. The fourth-order valence-electron chi connectivity index (χ4n) is 2.72. The minimum absolute atomic E-state index is 0.0779. The topological polar surface area (TPSA) is 73.7 Å². The Morgan fingerprint density at radius 3 is 2.45 bits per heavy atom. The number of ether oxygens (including phenoxy) is 1. The fourth-order valence-corrected chi connectivity index (χ4v) is 2.72. The third-order valence-corrected chi connectivity index (χ3v) is 4.03. The predicted octanol–water partition coefficient (Wildman–Crippen LogP) is 5.53. The highest BCUT2D eigenvalue weighted by Crippen LogP contribution is 2.32. The molecule has 2 N–H and O–H groups in total. The zero-order valence-electron chi connectivity index (χ0n) is 14.4. The third kappa shape index (κ3) is 3.55. The van der Waals surface area contributed by atoms with Gasteiger partial charge in [-0.25, -0.2) is 13.8 Å². The number of rotatable bonds is 4. The summed E-state index contributed by atoms with van der Waals surface area (Å²) in [7, 11) is 0. The van der Waals surface area contributed by atoms with E-state index in [2.05, 4.69) is 15.3 Å². The third-order valence-electron chi connectivity index (χ3n) is 4.03. The number of nitrogens with one attached hydrogen (secondary N) is 2. The number of nitriles is 1. The summed E-state index contributed by atoms with van der Waals surface area (Å²) in [4.78, 5) is 7.08. The van der Waals surface area contributed by atoms with Crippen LogP contribution in [0.25, 0.3) is 10.9 Å². The van der Waals surface area contributed by atoms with Crippen molar-refractivity contribution in [3.05, 3.63) is 77.6 Å². The minimum atomic E-state index is -1.69. The maximum atomic E-state index is 13.9. The highest BCUT2D eigenvalue weighted by atomic mass is 19.2. The molecular formula is C20H10F4N4O. The van der Waals surface area contributed by atoms with E-state index in [1.807, 2.05) is 12.1 Å². The second-order valence-corrected chi connectivity index (χ2v) is 5.99. The van der Waals surface area contributed by atoms with Crippen molar-refractivity contribution in [1.29, 1.82) is 5.26 Å². The van der Waals surface area contributed by atoms with Gasteiger partial charge < -0.3 is 15.0 Å². The molecule has 29 heavy (non-hydrogen) atoms. The van der Waals surface area contributed by atoms with Crippen LogP contribution in [0.3, 0.4) is 0 Å². The van der Waals surface area contributed by atoms with Gasteiger partial charge in [0.1, 0.15) is 23.3 Å². The van der Waals surface area contributed by atoms with Crippen LogP contribution in [0.2, 0.25) is 0 Å². The minimum Gasteiger partial charge on any atom is -0.451 e. The summed E-state index contributed by atoms with van der Waals surface area (Å²) in [6.07, 6.45) is 1.77. The molecule has 0 aliphatic rings. The van der Waals surface area contributed by atoms with Crippen molar-refractivity contribution < 1.29 is 22.3 Å². The van der Waals surface area contributed by atoms with Gasteiger partial charge in [-0.2, -0.15) is 14.0 Å². The Labute approximate surface area is 161 Å². The van der Waals surface area contributed by atoms with E-state index in [4.69, 9.17) is 10.00 Å². The van der Waals surface area contributed by atoms with Crippen LogP contribution in [0.4, 0.5) is 29.1 Å². The summed E-state index contributed by atoms with van der Waals surface area (Å²) in [6.45, 7) is 0. The number of halogens is 4. The van der Waals surface area contributed by atoms with Crippen LogP contribution in [-0.2, 0) is 0 Å². The van der Waals surface area contributed by atoms with E-state index in [0.29, 0.717) is 5.69 Å². The lowest BCUT2D eigenvalue weighted by molar-refractivity contribution is 0.366. The first kappa shape index (κ1) is 18.3. The molecule has 9 heteroatoms. The lowest BCUT2D eigenvalue weighted by Crippen LogP contribution is -2.01. The number of hydrogen-bond acceptors (Lipinski definition) is 4. The molecule has 0 saturated heterocycles. The second kappa shape index (κ2) is 7.16. The monoisotopic (exact) mass is 398 g/mol. The van der Waals surface area contributed by atoms with E-state index in [1.165, 1.54) is 6.07 Å². The Morgan fingerprint density at radius 2 is 1.72 bits per heavy atom. The van der Waals surface area contributed by atoms with Crippen molar-refractivity contribution in [3.8, 4) is 17.6 Å². The van der Waals surface area contributed by atoms with Crippen molar-refractivity contribution in [2.24, 2.45) is 0 Å². The number of H-pyrrole nitrogens is 1. The molecule has 2 aromatic heterocycles. The van der Waals surface area contributed by atoms with E-state index < -0.39 is 29.0 Å². The summed E-state index contributed by atoms with van der Waals surface area (Å²) in [6, 6.07) is 11.5. The van der Waals surface area contributed by atoms with Crippen LogP contribution >= 0.6 is 0 Å². The highest BCUT2D eigenvalue weighted by Gasteiger charge is 2.21. The molecule has 0 unspecified atom stereocenters. The van der Waals surface area contributed by atoms with Gasteiger partial charge in [-0.3, -0.25) is 0 Å². The molecule has 0 aliphatic carbocycles. The Balaban J connectivity index is 1.70. The van der Waals surface area contributed by atoms with Gasteiger partial charge in [-0.1, -0.05) is 6.07 Å². The largest absolute Gasteiger partial charge is 0.451 e. The van der Waals surface area contributed by atoms with Gasteiger partial charge >= 0.3 is 0 Å². The summed E-state index contributed by atoms with van der Waals surface area (Å²) < 4.78 is 59.5. The summed E-state index contributed by atoms with van der Waals surface area (Å²) in [5, 5.41) is 13.1. The highest BCUT2D eigenvalue weighted by molar-refractivity contribution is 5.83. The van der Waals surface area contributed by atoms with Gasteiger partial charge in [-0.05, 0) is 23.6 Å². The van der Waals surface area contributed by atoms with Crippen LogP contribution < -0.4 is 10.1 Å². The number of pyridine rings is 1. The number of aromatic amines is 1. The van der Waals surface area contributed by atoms with Crippen LogP contribution in [0, 0.1) is 34.6 Å². The molecule has 4 aromatic rings. The fraction of sp³-hybridized carbons (Fsp3) is 0. The van der Waals surface area contributed by atoms with Crippen LogP contribution in [0.5, 0.6) is 11.5 Å². The van der Waals surface area contributed by atoms with E-state index in [1.54, 1.807) is 24.4 Å². The van der Waals surface area contributed by atoms with Crippen molar-refractivity contribution in [2.45, 2.75) is 0 Å². The maximum absolute atomic E-state index is 13.9. The Bertz CT molecular complexity index is 1250. The predicted molar refractivity (Wildman–Crippen MR) is 96.9 cm³/mol. The average molecular weight is 398 g/mol. The molecule has 0 bridgehead atoms. The summed E-state index contributed by atoms with van der Waals surface area (Å²) >= 11 is 0. The molecule has 2 heterocycles. The number of aromatic nitrogens is 2. The van der Waals surface area contributed by atoms with Crippen LogP contribution in [0.1, 0.15) is 5.69 Å². The Hall–Kier alpha value is -4.06. The number of nitrogens with zero attached hydrogens (tertiary/aromatic N) is 2. The molecule has 5 nitrogen and oxygen atoms in total. The molecule has 144 valence electrons. The van der Waals surface area contributed by atoms with Crippen molar-refractivity contribution in [3.63, 3.8) is 0 Å². The van der Waals surface area contributed by atoms with E-state index in [9.17, 15) is 17.6 Å².